The van der Waals surface area contributed by atoms with Crippen LogP contribution in [0.2, 0.25) is 0 Å². The fraction of sp³-hybridized carbons (Fsp3) is 0.250. The number of benzene rings is 1. The van der Waals surface area contributed by atoms with Gasteiger partial charge in [0.2, 0.25) is 0 Å². The van der Waals surface area contributed by atoms with E-state index in [1.165, 1.54) is 10.6 Å². The second-order valence-electron chi connectivity index (χ2n) is 8.17. The molecule has 0 radical (unpaired) electrons. The summed E-state index contributed by atoms with van der Waals surface area (Å²) in [6.45, 7) is 2.48. The average Bonchev–Trinajstić information content (AvgIpc) is 2.87. The third-order valence-electron chi connectivity index (χ3n) is 5.50. The fourth-order valence-corrected chi connectivity index (χ4v) is 3.56. The Morgan fingerprint density at radius 1 is 1.13 bits per heavy atom. The summed E-state index contributed by atoms with van der Waals surface area (Å²) in [4.78, 5) is 30.9. The topological polar surface area (TPSA) is 169 Å². The highest BCUT2D eigenvalue weighted by Crippen LogP contribution is 2.30. The Kier molecular flexibility index (Phi) is 8.59. The maximum atomic E-state index is 14.7. The maximum Gasteiger partial charge on any atom is 0.423 e. The van der Waals surface area contributed by atoms with Crippen molar-refractivity contribution in [3.63, 3.8) is 0 Å². The molecule has 0 bridgehead atoms. The maximum absolute atomic E-state index is 14.7. The molecule has 3 heterocycles. The van der Waals surface area contributed by atoms with Crippen molar-refractivity contribution in [3.05, 3.63) is 74.2 Å². The summed E-state index contributed by atoms with van der Waals surface area (Å²) in [6.07, 6.45) is 1.42. The first-order valence-electron chi connectivity index (χ1n) is 11.3. The lowest BCUT2D eigenvalue weighted by molar-refractivity contribution is -0.138. The van der Waals surface area contributed by atoms with E-state index in [1.807, 2.05) is 6.92 Å². The van der Waals surface area contributed by atoms with E-state index in [-0.39, 0.29) is 33.5 Å². The van der Waals surface area contributed by atoms with E-state index >= 15 is 0 Å². The molecule has 3 aromatic heterocycles. The number of aromatic nitrogens is 5. The van der Waals surface area contributed by atoms with Crippen molar-refractivity contribution in [2.24, 2.45) is 0 Å². The second-order valence-corrected chi connectivity index (χ2v) is 8.17. The van der Waals surface area contributed by atoms with Gasteiger partial charge in [-0.1, -0.05) is 19.8 Å². The van der Waals surface area contributed by atoms with Gasteiger partial charge < -0.3 is 16.0 Å². The van der Waals surface area contributed by atoms with Crippen LogP contribution in [0.5, 0.6) is 0 Å². The summed E-state index contributed by atoms with van der Waals surface area (Å²) < 4.78 is 66.7. The number of halogens is 5. The number of nitriles is 1. The van der Waals surface area contributed by atoms with E-state index in [1.54, 1.807) is 23.4 Å². The van der Waals surface area contributed by atoms with Crippen LogP contribution in [-0.4, -0.2) is 24.7 Å². The molecule has 0 aliphatic rings. The van der Waals surface area contributed by atoms with Crippen LogP contribution >= 0.6 is 0 Å². The van der Waals surface area contributed by atoms with E-state index in [0.29, 0.717) is 6.54 Å². The quantitative estimate of drug-likeness (QED) is 0.250. The Hall–Kier alpha value is -4.87. The standard InChI is InChI=1S/C19H17F2N5O.C5H4F3N3O/c1-2-3-4-6-26-7-5-11-8-13(15(20)16(21)14(11)19(26)27)18-24-10-12(9-22)17(23)25-18;6-5(7,8)3-2(9)1-10-11-4(3)12/h5,7-8,10H,2-4,6H2,1H3,(H2,23,24,25);1H,(H3,9,11,12). The summed E-state index contributed by atoms with van der Waals surface area (Å²) in [5.41, 5.74) is 6.36. The molecule has 0 spiro atoms. The van der Waals surface area contributed by atoms with Gasteiger partial charge in [-0.3, -0.25) is 9.59 Å². The molecule has 0 aliphatic carbocycles. The number of H-pyrrole nitrogens is 1. The van der Waals surface area contributed by atoms with Crippen molar-refractivity contribution in [1.29, 1.82) is 5.26 Å². The predicted molar refractivity (Wildman–Crippen MR) is 132 cm³/mol. The Morgan fingerprint density at radius 2 is 1.85 bits per heavy atom. The van der Waals surface area contributed by atoms with Gasteiger partial charge in [-0.05, 0) is 23.9 Å². The van der Waals surface area contributed by atoms with Crippen LogP contribution < -0.4 is 22.6 Å². The van der Waals surface area contributed by atoms with E-state index in [2.05, 4.69) is 15.1 Å². The number of fused-ring (bicyclic) bond motifs is 1. The van der Waals surface area contributed by atoms with Crippen molar-refractivity contribution in [2.75, 3.05) is 11.5 Å². The molecule has 15 heteroatoms. The van der Waals surface area contributed by atoms with Crippen LogP contribution in [0, 0.1) is 23.0 Å². The number of nitrogens with zero attached hydrogens (tertiary/aromatic N) is 5. The normalized spacial score (nSPS) is 11.1. The lowest BCUT2D eigenvalue weighted by Crippen LogP contribution is -2.24. The molecule has 0 aliphatic heterocycles. The van der Waals surface area contributed by atoms with Crippen LogP contribution in [0.4, 0.5) is 33.5 Å². The number of pyridine rings is 1. The minimum atomic E-state index is -4.74. The van der Waals surface area contributed by atoms with Crippen molar-refractivity contribution in [1.82, 2.24) is 24.7 Å². The number of anilines is 2. The molecular formula is C24H21F5N8O2. The Morgan fingerprint density at radius 3 is 2.41 bits per heavy atom. The Bertz CT molecular complexity index is 1680. The van der Waals surface area contributed by atoms with Crippen LogP contribution in [0.1, 0.15) is 37.3 Å². The summed E-state index contributed by atoms with van der Waals surface area (Å²) >= 11 is 0. The first kappa shape index (κ1) is 28.7. The number of alkyl halides is 3. The molecule has 0 unspecified atom stereocenters. The van der Waals surface area contributed by atoms with E-state index < -0.39 is 40.2 Å². The van der Waals surface area contributed by atoms with E-state index in [9.17, 15) is 31.5 Å². The highest BCUT2D eigenvalue weighted by Gasteiger charge is 2.36. The van der Waals surface area contributed by atoms with Gasteiger partial charge in [-0.25, -0.2) is 23.8 Å². The lowest BCUT2D eigenvalue weighted by atomic mass is 10.1. The summed E-state index contributed by atoms with van der Waals surface area (Å²) in [7, 11) is 0. The Labute approximate surface area is 216 Å². The number of unbranched alkanes of at least 4 members (excludes halogenated alkanes) is 2. The number of rotatable bonds is 5. The summed E-state index contributed by atoms with van der Waals surface area (Å²) in [5, 5.41) is 13.5. The summed E-state index contributed by atoms with van der Waals surface area (Å²) in [6, 6.07) is 4.67. The minimum absolute atomic E-state index is 0.0374. The number of aromatic amines is 1. The first-order chi connectivity index (χ1) is 18.4. The number of hydrogen-bond donors (Lipinski definition) is 3. The molecule has 204 valence electrons. The van der Waals surface area contributed by atoms with Gasteiger partial charge in [-0.15, -0.1) is 0 Å². The van der Waals surface area contributed by atoms with Crippen LogP contribution in [0.25, 0.3) is 22.2 Å². The first-order valence-corrected chi connectivity index (χ1v) is 11.3. The van der Waals surface area contributed by atoms with Gasteiger partial charge in [0, 0.05) is 12.7 Å². The van der Waals surface area contributed by atoms with Gasteiger partial charge in [0.25, 0.3) is 11.1 Å². The van der Waals surface area contributed by atoms with Gasteiger partial charge in [0.05, 0.1) is 29.0 Å². The monoisotopic (exact) mass is 548 g/mol. The van der Waals surface area contributed by atoms with Crippen molar-refractivity contribution in [2.45, 2.75) is 38.9 Å². The number of nitrogen functional groups attached to an aromatic ring is 2. The molecule has 0 saturated carbocycles. The fourth-order valence-electron chi connectivity index (χ4n) is 3.56. The van der Waals surface area contributed by atoms with Crippen LogP contribution in [0.3, 0.4) is 0 Å². The van der Waals surface area contributed by atoms with Crippen LogP contribution in [-0.2, 0) is 12.7 Å². The molecule has 0 fully saturated rings. The molecular weight excluding hydrogens is 527 g/mol. The third kappa shape index (κ3) is 6.17. The molecule has 1 aromatic carbocycles. The largest absolute Gasteiger partial charge is 0.423 e. The molecule has 10 nitrogen and oxygen atoms in total. The van der Waals surface area contributed by atoms with Gasteiger partial charge >= 0.3 is 6.18 Å². The number of hydrogen-bond acceptors (Lipinski definition) is 8. The minimum Gasteiger partial charge on any atom is -0.397 e. The molecule has 39 heavy (non-hydrogen) atoms. The lowest BCUT2D eigenvalue weighted by Gasteiger charge is -2.10. The van der Waals surface area contributed by atoms with Crippen molar-refractivity contribution < 1.29 is 22.0 Å². The van der Waals surface area contributed by atoms with Crippen LogP contribution in [0.15, 0.2) is 40.3 Å². The number of nitrogens with two attached hydrogens (primary N) is 2. The summed E-state index contributed by atoms with van der Waals surface area (Å²) in [5.74, 6) is -2.76. The average molecular weight is 548 g/mol. The van der Waals surface area contributed by atoms with Gasteiger partial charge in [-0.2, -0.15) is 23.5 Å². The highest BCUT2D eigenvalue weighted by atomic mass is 19.4. The van der Waals surface area contributed by atoms with E-state index in [4.69, 9.17) is 16.7 Å². The smallest absolute Gasteiger partial charge is 0.397 e. The number of aryl methyl sites for hydroxylation is 1. The zero-order valence-corrected chi connectivity index (χ0v) is 20.3. The molecule has 4 aromatic rings. The van der Waals surface area contributed by atoms with Crippen molar-refractivity contribution >= 4 is 22.3 Å². The zero-order chi connectivity index (χ0) is 28.9. The van der Waals surface area contributed by atoms with Gasteiger partial charge in [0.1, 0.15) is 23.0 Å². The third-order valence-corrected chi connectivity index (χ3v) is 5.50. The number of nitrogens with one attached hydrogen (secondary N) is 1. The van der Waals surface area contributed by atoms with Gasteiger partial charge in [0.15, 0.2) is 17.5 Å². The Balaban J connectivity index is 0.000000293. The molecule has 0 atom stereocenters. The SMILES string of the molecule is CCCCCn1ccc2cc(-c3ncc(C#N)c(N)n3)c(F)c(F)c2c1=O.Nc1cn[nH]c(=O)c1C(F)(F)F. The molecule has 5 N–H and O–H groups in total. The predicted octanol–water partition coefficient (Wildman–Crippen LogP) is 3.75. The molecule has 4 rings (SSSR count). The zero-order valence-electron chi connectivity index (χ0n) is 20.3. The van der Waals surface area contributed by atoms with Crippen molar-refractivity contribution in [3.8, 4) is 17.5 Å². The van der Waals surface area contributed by atoms with E-state index in [0.717, 1.165) is 31.7 Å². The molecule has 0 saturated heterocycles. The highest BCUT2D eigenvalue weighted by molar-refractivity contribution is 5.86. The molecule has 0 amide bonds. The second kappa shape index (κ2) is 11.7.